The molecule has 0 saturated carbocycles. The number of furan rings is 1. The predicted octanol–water partition coefficient (Wildman–Crippen LogP) is 3.55. The lowest BCUT2D eigenvalue weighted by molar-refractivity contribution is -0.133. The summed E-state index contributed by atoms with van der Waals surface area (Å²) < 4.78 is 5.20. The van der Waals surface area contributed by atoms with Crippen molar-refractivity contribution >= 4 is 17.5 Å². The van der Waals surface area contributed by atoms with E-state index in [4.69, 9.17) is 20.9 Å². The fourth-order valence-electron chi connectivity index (χ4n) is 1.91. The predicted molar refractivity (Wildman–Crippen MR) is 80.9 cm³/mol. The van der Waals surface area contributed by atoms with Gasteiger partial charge in [-0.1, -0.05) is 23.7 Å². The molecule has 1 aromatic heterocycles. The Balaban J connectivity index is 1.55. The minimum atomic E-state index is -0.132. The van der Waals surface area contributed by atoms with E-state index >= 15 is 0 Å². The van der Waals surface area contributed by atoms with Crippen molar-refractivity contribution < 1.29 is 14.0 Å². The minimum Gasteiger partial charge on any atom is -0.469 e. The fraction of sp³-hybridized carbons (Fsp3) is 0.312. The maximum absolute atomic E-state index is 11.6. The van der Waals surface area contributed by atoms with E-state index in [9.17, 15) is 4.79 Å². The van der Waals surface area contributed by atoms with Crippen LogP contribution in [0.4, 0.5) is 0 Å². The Labute approximate surface area is 129 Å². The van der Waals surface area contributed by atoms with Crippen LogP contribution in [0.15, 0.2) is 47.1 Å². The number of rotatable bonds is 8. The largest absolute Gasteiger partial charge is 0.469 e. The lowest BCUT2D eigenvalue weighted by Crippen LogP contribution is -2.24. The Bertz CT molecular complexity index is 554. The number of aryl methyl sites for hydroxylation is 2. The van der Waals surface area contributed by atoms with Crippen molar-refractivity contribution in [1.29, 1.82) is 0 Å². The second-order valence-electron chi connectivity index (χ2n) is 4.69. The highest BCUT2D eigenvalue weighted by atomic mass is 35.5. The van der Waals surface area contributed by atoms with E-state index in [0.29, 0.717) is 24.5 Å². The summed E-state index contributed by atoms with van der Waals surface area (Å²) in [7, 11) is 0. The van der Waals surface area contributed by atoms with E-state index in [-0.39, 0.29) is 5.91 Å². The molecule has 1 amide bonds. The van der Waals surface area contributed by atoms with Gasteiger partial charge < -0.3 is 4.42 Å². The highest BCUT2D eigenvalue weighted by Crippen LogP contribution is 2.12. The Kier molecular flexibility index (Phi) is 6.31. The maximum Gasteiger partial charge on any atom is 0.243 e. The van der Waals surface area contributed by atoms with Gasteiger partial charge in [-0.15, -0.1) is 0 Å². The number of carbonyl (C=O) groups excluding carboxylic acids is 1. The topological polar surface area (TPSA) is 51.5 Å². The first kappa shape index (κ1) is 15.6. The van der Waals surface area contributed by atoms with Crippen molar-refractivity contribution in [2.75, 3.05) is 6.61 Å². The summed E-state index contributed by atoms with van der Waals surface area (Å²) in [6.07, 6.45) is 4.25. The zero-order chi connectivity index (χ0) is 14.9. The summed E-state index contributed by atoms with van der Waals surface area (Å²) in [4.78, 5) is 16.7. The highest BCUT2D eigenvalue weighted by Gasteiger charge is 2.03. The smallest absolute Gasteiger partial charge is 0.243 e. The quantitative estimate of drug-likeness (QED) is 0.599. The number of carbonyl (C=O) groups is 1. The number of hydrogen-bond donors (Lipinski definition) is 1. The molecule has 0 spiro atoms. The average molecular weight is 308 g/mol. The summed E-state index contributed by atoms with van der Waals surface area (Å²) in [5, 5.41) is 0.682. The third-order valence-electron chi connectivity index (χ3n) is 2.97. The molecule has 2 aromatic rings. The molecule has 4 nitrogen and oxygen atoms in total. The normalized spacial score (nSPS) is 10.5. The molecule has 1 aromatic carbocycles. The van der Waals surface area contributed by atoms with E-state index in [0.717, 1.165) is 24.2 Å². The molecule has 0 atom stereocenters. The average Bonchev–Trinajstić information content (AvgIpc) is 2.98. The summed E-state index contributed by atoms with van der Waals surface area (Å²) in [5.41, 5.74) is 3.48. The van der Waals surface area contributed by atoms with E-state index in [2.05, 4.69) is 5.48 Å². The molecule has 0 saturated heterocycles. The molecular formula is C16H18ClNO3. The molecule has 0 aliphatic rings. The molecule has 21 heavy (non-hydrogen) atoms. The first-order valence-electron chi connectivity index (χ1n) is 6.91. The van der Waals surface area contributed by atoms with E-state index in [1.54, 1.807) is 6.26 Å². The number of amides is 1. The van der Waals surface area contributed by atoms with Gasteiger partial charge in [0.25, 0.3) is 0 Å². The molecule has 2 rings (SSSR count). The van der Waals surface area contributed by atoms with Crippen LogP contribution < -0.4 is 5.48 Å². The number of nitrogens with one attached hydrogen (secondary N) is 1. The molecule has 1 N–H and O–H groups in total. The molecule has 0 radical (unpaired) electrons. The van der Waals surface area contributed by atoms with E-state index < -0.39 is 0 Å². The third-order valence-corrected chi connectivity index (χ3v) is 3.20. The molecule has 0 fully saturated rings. The van der Waals surface area contributed by atoms with Gasteiger partial charge in [-0.05, 0) is 42.7 Å². The summed E-state index contributed by atoms with van der Waals surface area (Å²) >= 11 is 5.89. The molecular weight excluding hydrogens is 290 g/mol. The fourth-order valence-corrected chi connectivity index (χ4v) is 2.12. The zero-order valence-electron chi connectivity index (χ0n) is 11.7. The molecule has 1 heterocycles. The Morgan fingerprint density at radius 1 is 1.24 bits per heavy atom. The van der Waals surface area contributed by atoms with Crippen LogP contribution in [0, 0.1) is 0 Å². The Morgan fingerprint density at radius 3 is 2.90 bits per heavy atom. The molecule has 0 unspecified atom stereocenters. The van der Waals surface area contributed by atoms with Crippen molar-refractivity contribution in [1.82, 2.24) is 5.48 Å². The van der Waals surface area contributed by atoms with Crippen molar-refractivity contribution in [3.8, 4) is 0 Å². The number of hydrogen-bond acceptors (Lipinski definition) is 3. The lowest BCUT2D eigenvalue weighted by Gasteiger charge is -2.06. The van der Waals surface area contributed by atoms with Crippen LogP contribution in [0.2, 0.25) is 5.02 Å². The summed E-state index contributed by atoms with van der Waals surface area (Å²) in [6.45, 7) is 0.462. The van der Waals surface area contributed by atoms with E-state index in [1.807, 2.05) is 36.4 Å². The number of halogens is 1. The van der Waals surface area contributed by atoms with Crippen molar-refractivity contribution in [2.45, 2.75) is 25.7 Å². The summed E-state index contributed by atoms with van der Waals surface area (Å²) in [6, 6.07) is 11.3. The highest BCUT2D eigenvalue weighted by molar-refractivity contribution is 6.30. The molecule has 5 heteroatoms. The Morgan fingerprint density at radius 2 is 2.14 bits per heavy atom. The van der Waals surface area contributed by atoms with Gasteiger partial charge in [0.15, 0.2) is 0 Å². The summed E-state index contributed by atoms with van der Waals surface area (Å²) in [5.74, 6) is 0.791. The maximum atomic E-state index is 11.6. The molecule has 0 aliphatic heterocycles. The molecule has 112 valence electrons. The van der Waals surface area contributed by atoms with Crippen LogP contribution in [0.5, 0.6) is 0 Å². The second-order valence-corrected chi connectivity index (χ2v) is 5.12. The lowest BCUT2D eigenvalue weighted by atomic mass is 10.1. The van der Waals surface area contributed by atoms with Gasteiger partial charge in [0.1, 0.15) is 5.76 Å². The first-order chi connectivity index (χ1) is 10.2. The molecule has 0 aliphatic carbocycles. The van der Waals surface area contributed by atoms with Crippen molar-refractivity contribution in [3.05, 3.63) is 59.0 Å². The monoisotopic (exact) mass is 307 g/mol. The van der Waals surface area contributed by atoms with Gasteiger partial charge in [0.2, 0.25) is 5.91 Å². The number of hydroxylamine groups is 1. The van der Waals surface area contributed by atoms with Gasteiger partial charge in [-0.2, -0.15) is 0 Å². The van der Waals surface area contributed by atoms with E-state index in [1.165, 1.54) is 0 Å². The minimum absolute atomic E-state index is 0.132. The van der Waals surface area contributed by atoms with Crippen molar-refractivity contribution in [2.24, 2.45) is 0 Å². The van der Waals surface area contributed by atoms with Crippen molar-refractivity contribution in [3.63, 3.8) is 0 Å². The van der Waals surface area contributed by atoms with Gasteiger partial charge in [0, 0.05) is 17.9 Å². The van der Waals surface area contributed by atoms with Crippen LogP contribution >= 0.6 is 11.6 Å². The van der Waals surface area contributed by atoms with Crippen LogP contribution in [0.1, 0.15) is 24.2 Å². The van der Waals surface area contributed by atoms with Crippen LogP contribution in [-0.2, 0) is 22.5 Å². The standard InChI is InChI=1S/C16H18ClNO3/c17-14-5-1-4-13(12-14)8-9-16(19)18-21-11-3-7-15-6-2-10-20-15/h1-2,4-6,10,12H,3,7-9,11H2,(H,18,19). The van der Waals surface area contributed by atoms with Crippen LogP contribution in [0.3, 0.4) is 0 Å². The van der Waals surface area contributed by atoms with Crippen LogP contribution in [-0.4, -0.2) is 12.5 Å². The second kappa shape index (κ2) is 8.49. The van der Waals surface area contributed by atoms with Crippen LogP contribution in [0.25, 0.3) is 0 Å². The Hall–Kier alpha value is -1.78. The molecule has 0 bridgehead atoms. The SMILES string of the molecule is O=C(CCc1cccc(Cl)c1)NOCCCc1ccco1. The van der Waals surface area contributed by atoms with Gasteiger partial charge in [-0.3, -0.25) is 9.63 Å². The van der Waals surface area contributed by atoms with Gasteiger partial charge in [-0.25, -0.2) is 5.48 Å². The third kappa shape index (κ3) is 6.02. The van der Waals surface area contributed by atoms with Gasteiger partial charge in [0.05, 0.1) is 12.9 Å². The first-order valence-corrected chi connectivity index (χ1v) is 7.29. The number of benzene rings is 1. The zero-order valence-corrected chi connectivity index (χ0v) is 12.4. The van der Waals surface area contributed by atoms with Gasteiger partial charge >= 0.3 is 0 Å².